The summed E-state index contributed by atoms with van der Waals surface area (Å²) in [5.74, 6) is 0.381. The molecule has 0 spiro atoms. The molecule has 0 radical (unpaired) electrons. The Hall–Kier alpha value is -0.640. The maximum Gasteiger partial charge on any atom is 0.434 e. The second kappa shape index (κ2) is 5.16. The number of anilines is 1. The molecule has 0 N–H and O–H groups in total. The van der Waals surface area contributed by atoms with Crippen LogP contribution in [0.25, 0.3) is 0 Å². The predicted octanol–water partition coefficient (Wildman–Crippen LogP) is 1.85. The Morgan fingerprint density at radius 1 is 1.17 bits per heavy atom. The van der Waals surface area contributed by atoms with Crippen LogP contribution in [0.15, 0.2) is 6.33 Å². The monoisotopic (exact) mass is 372 g/mol. The van der Waals surface area contributed by atoms with Gasteiger partial charge in [0.1, 0.15) is 12.1 Å². The predicted molar refractivity (Wildman–Crippen MR) is 69.5 cm³/mol. The van der Waals surface area contributed by atoms with Gasteiger partial charge in [-0.2, -0.15) is 13.2 Å². The van der Waals surface area contributed by atoms with Gasteiger partial charge in [-0.15, -0.1) is 0 Å². The Morgan fingerprint density at radius 2 is 1.78 bits per heavy atom. The van der Waals surface area contributed by atoms with E-state index in [1.165, 1.54) is 0 Å². The number of rotatable bonds is 1. The molecule has 0 saturated carbocycles. The fraction of sp³-hybridized carbons (Fsp3) is 0.600. The number of hydrogen-bond donors (Lipinski definition) is 0. The lowest BCUT2D eigenvalue weighted by Gasteiger charge is -2.33. The number of likely N-dealkylation sites (N-methyl/N-ethyl adjacent to an activating group) is 1. The standard InChI is InChI=1S/C10H12F3IN4/c1-17-2-4-18(5-3-17)9-7(14)8(10(11,12)13)15-6-16-9/h6H,2-5H2,1H3. The van der Waals surface area contributed by atoms with Crippen molar-refractivity contribution in [3.8, 4) is 0 Å². The minimum atomic E-state index is -4.43. The van der Waals surface area contributed by atoms with Crippen LogP contribution < -0.4 is 4.90 Å². The van der Waals surface area contributed by atoms with E-state index in [1.54, 1.807) is 22.6 Å². The van der Waals surface area contributed by atoms with E-state index >= 15 is 0 Å². The number of nitrogens with zero attached hydrogens (tertiary/aromatic N) is 4. The summed E-state index contributed by atoms with van der Waals surface area (Å²) in [4.78, 5) is 11.3. The highest BCUT2D eigenvalue weighted by Gasteiger charge is 2.37. The van der Waals surface area contributed by atoms with Gasteiger partial charge in [0.25, 0.3) is 0 Å². The van der Waals surface area contributed by atoms with Crippen molar-refractivity contribution in [2.45, 2.75) is 6.18 Å². The van der Waals surface area contributed by atoms with Crippen molar-refractivity contribution < 1.29 is 13.2 Å². The molecule has 2 rings (SSSR count). The van der Waals surface area contributed by atoms with Crippen molar-refractivity contribution in [2.24, 2.45) is 0 Å². The molecule has 0 bridgehead atoms. The minimum absolute atomic E-state index is 0.0761. The summed E-state index contributed by atoms with van der Waals surface area (Å²) in [6.45, 7) is 3.00. The SMILES string of the molecule is CN1CCN(c2ncnc(C(F)(F)F)c2I)CC1. The number of piperazine rings is 1. The van der Waals surface area contributed by atoms with Crippen molar-refractivity contribution in [2.75, 3.05) is 38.1 Å². The minimum Gasteiger partial charge on any atom is -0.353 e. The fourth-order valence-corrected chi connectivity index (χ4v) is 2.72. The lowest BCUT2D eigenvalue weighted by Crippen LogP contribution is -2.45. The molecule has 0 amide bonds. The van der Waals surface area contributed by atoms with Crippen LogP contribution in [0.4, 0.5) is 19.0 Å². The first-order valence-corrected chi connectivity index (χ1v) is 6.48. The van der Waals surface area contributed by atoms with E-state index in [2.05, 4.69) is 14.9 Å². The van der Waals surface area contributed by atoms with Gasteiger partial charge in [0.05, 0.1) is 3.57 Å². The van der Waals surface area contributed by atoms with Crippen LogP contribution in [-0.2, 0) is 6.18 Å². The second-order valence-corrected chi connectivity index (χ2v) is 5.23. The van der Waals surface area contributed by atoms with E-state index in [-0.39, 0.29) is 3.57 Å². The van der Waals surface area contributed by atoms with E-state index in [9.17, 15) is 13.2 Å². The summed E-state index contributed by atoms with van der Waals surface area (Å²) in [7, 11) is 1.99. The van der Waals surface area contributed by atoms with Crippen LogP contribution >= 0.6 is 22.6 Å². The lowest BCUT2D eigenvalue weighted by atomic mass is 10.3. The van der Waals surface area contributed by atoms with Crippen molar-refractivity contribution in [1.82, 2.24) is 14.9 Å². The third-order valence-electron chi connectivity index (χ3n) is 2.84. The number of halogens is 4. The van der Waals surface area contributed by atoms with Gasteiger partial charge in [-0.25, -0.2) is 9.97 Å². The largest absolute Gasteiger partial charge is 0.434 e. The Kier molecular flexibility index (Phi) is 3.95. The molecule has 4 nitrogen and oxygen atoms in total. The maximum atomic E-state index is 12.7. The molecule has 1 aliphatic heterocycles. The average Bonchev–Trinajstić information content (AvgIpc) is 2.29. The van der Waals surface area contributed by atoms with Crippen LogP contribution in [0, 0.1) is 3.57 Å². The average molecular weight is 372 g/mol. The Morgan fingerprint density at radius 3 is 2.33 bits per heavy atom. The van der Waals surface area contributed by atoms with Gasteiger partial charge in [0, 0.05) is 26.2 Å². The molecule has 1 aromatic heterocycles. The van der Waals surface area contributed by atoms with Crippen LogP contribution in [0.2, 0.25) is 0 Å². The highest BCUT2D eigenvalue weighted by molar-refractivity contribution is 14.1. The zero-order chi connectivity index (χ0) is 13.3. The molecule has 8 heteroatoms. The van der Waals surface area contributed by atoms with Crippen LogP contribution in [0.5, 0.6) is 0 Å². The Balaban J connectivity index is 2.29. The van der Waals surface area contributed by atoms with Crippen LogP contribution in [0.1, 0.15) is 5.69 Å². The Labute approximate surface area is 116 Å². The topological polar surface area (TPSA) is 32.3 Å². The molecule has 0 unspecified atom stereocenters. The molecule has 2 heterocycles. The molecule has 100 valence electrons. The summed E-state index contributed by atoms with van der Waals surface area (Å²) in [5, 5.41) is 0. The number of hydrogen-bond acceptors (Lipinski definition) is 4. The van der Waals surface area contributed by atoms with Crippen molar-refractivity contribution >= 4 is 28.4 Å². The highest BCUT2D eigenvalue weighted by Crippen LogP contribution is 2.34. The highest BCUT2D eigenvalue weighted by atomic mass is 127. The van der Waals surface area contributed by atoms with Crippen LogP contribution in [0.3, 0.4) is 0 Å². The smallest absolute Gasteiger partial charge is 0.353 e. The van der Waals surface area contributed by atoms with Gasteiger partial charge < -0.3 is 9.80 Å². The second-order valence-electron chi connectivity index (χ2n) is 4.15. The summed E-state index contributed by atoms with van der Waals surface area (Å²) < 4.78 is 38.3. The lowest BCUT2D eigenvalue weighted by molar-refractivity contribution is -0.141. The molecular formula is C10H12F3IN4. The van der Waals surface area contributed by atoms with E-state index in [0.29, 0.717) is 18.9 Å². The summed E-state index contributed by atoms with van der Waals surface area (Å²) in [6, 6.07) is 0. The van der Waals surface area contributed by atoms with Gasteiger partial charge in [0.2, 0.25) is 0 Å². The summed E-state index contributed by atoms with van der Waals surface area (Å²) in [6.07, 6.45) is -3.45. The molecule has 1 fully saturated rings. The van der Waals surface area contributed by atoms with Crippen molar-refractivity contribution in [3.05, 3.63) is 15.6 Å². The Bertz CT molecular complexity index is 430. The molecule has 0 aromatic carbocycles. The molecule has 0 atom stereocenters. The first-order valence-electron chi connectivity index (χ1n) is 5.41. The van der Waals surface area contributed by atoms with Gasteiger partial charge >= 0.3 is 6.18 Å². The van der Waals surface area contributed by atoms with E-state index in [4.69, 9.17) is 0 Å². The van der Waals surface area contributed by atoms with Gasteiger partial charge in [-0.1, -0.05) is 0 Å². The zero-order valence-corrected chi connectivity index (χ0v) is 11.9. The quantitative estimate of drug-likeness (QED) is 0.705. The van der Waals surface area contributed by atoms with Gasteiger partial charge in [-0.05, 0) is 29.6 Å². The number of alkyl halides is 3. The molecule has 1 aliphatic rings. The van der Waals surface area contributed by atoms with E-state index < -0.39 is 11.9 Å². The molecule has 1 saturated heterocycles. The van der Waals surface area contributed by atoms with Crippen molar-refractivity contribution in [1.29, 1.82) is 0 Å². The maximum absolute atomic E-state index is 12.7. The first-order chi connectivity index (χ1) is 8.39. The first kappa shape index (κ1) is 13.8. The third kappa shape index (κ3) is 2.85. The molecular weight excluding hydrogens is 360 g/mol. The van der Waals surface area contributed by atoms with E-state index in [1.807, 2.05) is 11.9 Å². The molecule has 1 aromatic rings. The molecule has 18 heavy (non-hydrogen) atoms. The normalized spacial score (nSPS) is 18.2. The third-order valence-corrected chi connectivity index (χ3v) is 3.84. The van der Waals surface area contributed by atoms with Crippen molar-refractivity contribution in [3.63, 3.8) is 0 Å². The molecule has 0 aliphatic carbocycles. The summed E-state index contributed by atoms with van der Waals surface area (Å²) in [5.41, 5.74) is -0.855. The number of aromatic nitrogens is 2. The van der Waals surface area contributed by atoms with Crippen LogP contribution in [-0.4, -0.2) is 48.1 Å². The summed E-state index contributed by atoms with van der Waals surface area (Å²) >= 11 is 1.67. The zero-order valence-electron chi connectivity index (χ0n) is 9.71. The van der Waals surface area contributed by atoms with Gasteiger partial charge in [0.15, 0.2) is 5.69 Å². The van der Waals surface area contributed by atoms with E-state index in [0.717, 1.165) is 19.4 Å². The van der Waals surface area contributed by atoms with Gasteiger partial charge in [-0.3, -0.25) is 0 Å². The fourth-order valence-electron chi connectivity index (χ4n) is 1.80.